The minimum absolute atomic E-state index is 0.337. The normalized spacial score (nSPS) is 59.5. The van der Waals surface area contributed by atoms with Crippen LogP contribution in [0.1, 0.15) is 52.4 Å². The van der Waals surface area contributed by atoms with E-state index in [0.29, 0.717) is 17.1 Å². The molecule has 1 heterocycles. The monoisotopic (exact) mass is 180 g/mol. The van der Waals surface area contributed by atoms with Gasteiger partial charge < -0.3 is 4.74 Å². The molecule has 13 heavy (non-hydrogen) atoms. The molecule has 3 fully saturated rings. The van der Waals surface area contributed by atoms with Crippen molar-refractivity contribution in [3.63, 3.8) is 0 Å². The fourth-order valence-electron chi connectivity index (χ4n) is 4.24. The highest BCUT2D eigenvalue weighted by atomic mass is 16.6. The van der Waals surface area contributed by atoms with Crippen LogP contribution in [-0.4, -0.2) is 11.7 Å². The molecule has 0 aromatic carbocycles. The van der Waals surface area contributed by atoms with E-state index in [1.54, 1.807) is 0 Å². The van der Waals surface area contributed by atoms with Gasteiger partial charge in [-0.3, -0.25) is 0 Å². The van der Waals surface area contributed by atoms with Crippen LogP contribution in [0.25, 0.3) is 0 Å². The number of hydrogen-bond acceptors (Lipinski definition) is 1. The number of ether oxygens (including phenoxy) is 1. The van der Waals surface area contributed by atoms with Gasteiger partial charge in [0.05, 0.1) is 6.10 Å². The second-order valence-electron chi connectivity index (χ2n) is 5.65. The molecule has 3 aliphatic rings. The smallest absolute Gasteiger partial charge is 0.103 e. The van der Waals surface area contributed by atoms with Crippen LogP contribution >= 0.6 is 0 Å². The third kappa shape index (κ3) is 0.823. The molecule has 3 rings (SSSR count). The third-order valence-electron chi connectivity index (χ3n) is 4.99. The lowest BCUT2D eigenvalue weighted by molar-refractivity contribution is 0.0135. The van der Waals surface area contributed by atoms with Gasteiger partial charge in [-0.1, -0.05) is 26.7 Å². The molecular formula is C12H20O. The van der Waals surface area contributed by atoms with Gasteiger partial charge in [0.25, 0.3) is 0 Å². The van der Waals surface area contributed by atoms with Crippen molar-refractivity contribution in [2.24, 2.45) is 11.3 Å². The Hall–Kier alpha value is -0.0400. The van der Waals surface area contributed by atoms with E-state index >= 15 is 0 Å². The maximum Gasteiger partial charge on any atom is 0.103 e. The zero-order valence-corrected chi connectivity index (χ0v) is 8.81. The van der Waals surface area contributed by atoms with Gasteiger partial charge in [-0.15, -0.1) is 0 Å². The van der Waals surface area contributed by atoms with Crippen LogP contribution < -0.4 is 0 Å². The van der Waals surface area contributed by atoms with E-state index in [-0.39, 0.29) is 0 Å². The zero-order chi connectivity index (χ0) is 9.10. The van der Waals surface area contributed by atoms with Gasteiger partial charge in [-0.05, 0) is 37.0 Å². The first-order chi connectivity index (χ1) is 6.19. The molecule has 0 N–H and O–H groups in total. The Morgan fingerprint density at radius 3 is 2.54 bits per heavy atom. The van der Waals surface area contributed by atoms with E-state index in [1.165, 1.54) is 38.5 Å². The summed E-state index contributed by atoms with van der Waals surface area (Å²) in [7, 11) is 0. The molecule has 0 unspecified atom stereocenters. The van der Waals surface area contributed by atoms with Gasteiger partial charge in [0.15, 0.2) is 0 Å². The summed E-state index contributed by atoms with van der Waals surface area (Å²) in [6, 6.07) is 0. The van der Waals surface area contributed by atoms with Crippen molar-refractivity contribution in [3.8, 4) is 0 Å². The van der Waals surface area contributed by atoms with E-state index in [0.717, 1.165) is 5.92 Å². The first-order valence-electron chi connectivity index (χ1n) is 5.87. The van der Waals surface area contributed by atoms with Crippen LogP contribution in [0, 0.1) is 11.3 Å². The average molecular weight is 180 g/mol. The highest BCUT2D eigenvalue weighted by Crippen LogP contribution is 2.66. The molecule has 1 nitrogen and oxygen atoms in total. The minimum Gasteiger partial charge on any atom is -0.365 e. The van der Waals surface area contributed by atoms with E-state index < -0.39 is 0 Å². The predicted molar refractivity (Wildman–Crippen MR) is 52.6 cm³/mol. The quantitative estimate of drug-likeness (QED) is 0.522. The van der Waals surface area contributed by atoms with Crippen molar-refractivity contribution >= 4 is 0 Å². The van der Waals surface area contributed by atoms with E-state index in [9.17, 15) is 0 Å². The predicted octanol–water partition coefficient (Wildman–Crippen LogP) is 3.13. The van der Waals surface area contributed by atoms with Gasteiger partial charge in [0.2, 0.25) is 0 Å². The maximum atomic E-state index is 6.08. The molecule has 0 aromatic heterocycles. The summed E-state index contributed by atoms with van der Waals surface area (Å²) < 4.78 is 6.08. The summed E-state index contributed by atoms with van der Waals surface area (Å²) in [5.74, 6) is 0.816. The molecule has 2 aliphatic carbocycles. The highest BCUT2D eigenvalue weighted by molar-refractivity contribution is 5.19. The maximum absolute atomic E-state index is 6.08. The second kappa shape index (κ2) is 2.31. The number of hydrogen-bond donors (Lipinski definition) is 0. The first-order valence-corrected chi connectivity index (χ1v) is 5.87. The van der Waals surface area contributed by atoms with Gasteiger partial charge in [0, 0.05) is 0 Å². The molecule has 0 radical (unpaired) electrons. The summed E-state index contributed by atoms with van der Waals surface area (Å²) >= 11 is 0. The molecular weight excluding hydrogens is 160 g/mol. The molecule has 0 aromatic rings. The Bertz CT molecular complexity index is 233. The molecule has 0 bridgehead atoms. The zero-order valence-electron chi connectivity index (χ0n) is 8.81. The SMILES string of the molecule is C[C@@H]1CCC[C@]2(C)CCC[C@H]3O[C@]132. The molecule has 1 aliphatic heterocycles. The lowest BCUT2D eigenvalue weighted by Gasteiger charge is -2.46. The van der Waals surface area contributed by atoms with Crippen molar-refractivity contribution in [3.05, 3.63) is 0 Å². The van der Waals surface area contributed by atoms with Gasteiger partial charge in [0.1, 0.15) is 5.60 Å². The van der Waals surface area contributed by atoms with Gasteiger partial charge in [-0.25, -0.2) is 0 Å². The summed E-state index contributed by atoms with van der Waals surface area (Å²) in [6.45, 7) is 4.88. The van der Waals surface area contributed by atoms with Crippen molar-refractivity contribution in [2.75, 3.05) is 0 Å². The summed E-state index contributed by atoms with van der Waals surface area (Å²) in [4.78, 5) is 0. The fraction of sp³-hybridized carbons (Fsp3) is 1.00. The third-order valence-corrected chi connectivity index (χ3v) is 4.99. The van der Waals surface area contributed by atoms with Gasteiger partial charge in [-0.2, -0.15) is 0 Å². The van der Waals surface area contributed by atoms with Crippen LogP contribution in [0.2, 0.25) is 0 Å². The van der Waals surface area contributed by atoms with Crippen molar-refractivity contribution in [1.82, 2.24) is 0 Å². The van der Waals surface area contributed by atoms with Crippen LogP contribution in [0.4, 0.5) is 0 Å². The summed E-state index contributed by atoms with van der Waals surface area (Å²) in [6.07, 6.45) is 9.01. The Morgan fingerprint density at radius 1 is 1.15 bits per heavy atom. The Labute approximate surface area is 80.8 Å². The van der Waals surface area contributed by atoms with Crippen molar-refractivity contribution in [1.29, 1.82) is 0 Å². The molecule has 0 amide bonds. The van der Waals surface area contributed by atoms with Gasteiger partial charge >= 0.3 is 0 Å². The Morgan fingerprint density at radius 2 is 1.85 bits per heavy atom. The average Bonchev–Trinajstić information content (AvgIpc) is 2.79. The molecule has 1 saturated heterocycles. The lowest BCUT2D eigenvalue weighted by atomic mass is 9.56. The highest BCUT2D eigenvalue weighted by Gasteiger charge is 2.70. The summed E-state index contributed by atoms with van der Waals surface area (Å²) in [5.41, 5.74) is 0.872. The topological polar surface area (TPSA) is 12.5 Å². The minimum atomic E-state index is 0.337. The fourth-order valence-corrected chi connectivity index (χ4v) is 4.24. The molecule has 1 heteroatoms. The van der Waals surface area contributed by atoms with Crippen molar-refractivity contribution in [2.45, 2.75) is 64.1 Å². The standard InChI is InChI=1S/C12H20O/c1-9-5-3-7-11(2)8-4-6-10-12(9,11)13-10/h9-10H,3-8H2,1-2H3/t9-,10-,11-,12-/m1/s1. The Kier molecular flexibility index (Phi) is 1.47. The number of epoxide rings is 1. The molecule has 4 atom stereocenters. The van der Waals surface area contributed by atoms with E-state index in [4.69, 9.17) is 4.74 Å². The van der Waals surface area contributed by atoms with Crippen LogP contribution in [0.15, 0.2) is 0 Å². The largest absolute Gasteiger partial charge is 0.365 e. The molecule has 2 saturated carbocycles. The molecule has 74 valence electrons. The first kappa shape index (κ1) is 8.28. The van der Waals surface area contributed by atoms with Crippen molar-refractivity contribution < 1.29 is 4.74 Å². The summed E-state index contributed by atoms with van der Waals surface area (Å²) in [5, 5.41) is 0. The number of rotatable bonds is 0. The second-order valence-corrected chi connectivity index (χ2v) is 5.65. The van der Waals surface area contributed by atoms with Crippen LogP contribution in [0.3, 0.4) is 0 Å². The van der Waals surface area contributed by atoms with Crippen LogP contribution in [-0.2, 0) is 4.74 Å². The van der Waals surface area contributed by atoms with E-state index in [1.807, 2.05) is 0 Å². The lowest BCUT2D eigenvalue weighted by Crippen LogP contribution is -2.48. The molecule has 1 spiro atoms. The van der Waals surface area contributed by atoms with E-state index in [2.05, 4.69) is 13.8 Å². The van der Waals surface area contributed by atoms with Crippen LogP contribution in [0.5, 0.6) is 0 Å². The Balaban J connectivity index is 1.97.